The zero-order valence-corrected chi connectivity index (χ0v) is 13.0. The van der Waals surface area contributed by atoms with E-state index >= 15 is 0 Å². The highest BCUT2D eigenvalue weighted by atomic mass is 35.5. The fourth-order valence-corrected chi connectivity index (χ4v) is 4.18. The molecule has 0 aromatic heterocycles. The molecule has 1 spiro atoms. The molecule has 2 saturated heterocycles. The van der Waals surface area contributed by atoms with Crippen molar-refractivity contribution in [2.75, 3.05) is 13.6 Å². The Morgan fingerprint density at radius 3 is 2.67 bits per heavy atom. The molecule has 5 heteroatoms. The van der Waals surface area contributed by atoms with Crippen LogP contribution < -0.4 is 5.32 Å². The third-order valence-electron chi connectivity index (χ3n) is 4.88. The lowest BCUT2D eigenvalue weighted by Gasteiger charge is -2.40. The summed E-state index contributed by atoms with van der Waals surface area (Å²) in [5.74, 6) is -0.760. The van der Waals surface area contributed by atoms with Crippen LogP contribution in [0.3, 0.4) is 0 Å². The van der Waals surface area contributed by atoms with Crippen LogP contribution in [0.25, 0.3) is 0 Å². The molecule has 3 unspecified atom stereocenters. The molecular weight excluding hydrogens is 288 g/mol. The van der Waals surface area contributed by atoms with Crippen LogP contribution in [0, 0.1) is 5.41 Å². The predicted octanol–water partition coefficient (Wildman–Crippen LogP) is 2.18. The Kier molecular flexibility index (Phi) is 3.54. The van der Waals surface area contributed by atoms with E-state index in [0.29, 0.717) is 17.5 Å². The minimum absolute atomic E-state index is 0.175. The van der Waals surface area contributed by atoms with E-state index in [2.05, 4.69) is 17.1 Å². The summed E-state index contributed by atoms with van der Waals surface area (Å²) in [5, 5.41) is 3.07. The van der Waals surface area contributed by atoms with E-state index < -0.39 is 0 Å². The normalized spacial score (nSPS) is 33.5. The second kappa shape index (κ2) is 5.11. The number of imide groups is 1. The van der Waals surface area contributed by atoms with Gasteiger partial charge in [-0.3, -0.25) is 14.9 Å². The van der Waals surface area contributed by atoms with Crippen molar-refractivity contribution in [3.63, 3.8) is 0 Å². The number of nitrogens with one attached hydrogen (secondary N) is 1. The second-order valence-electron chi connectivity index (χ2n) is 6.37. The van der Waals surface area contributed by atoms with Gasteiger partial charge in [0.05, 0.1) is 5.92 Å². The standard InChI is InChI=1S/C16H19ClN2O2/c1-10-7-16(9-19(10)2)8-13(20)18-15(21)14(16)11-5-3-4-6-12(11)17/h3-6,10,14H,7-9H2,1-2H3,(H,18,20,21). The van der Waals surface area contributed by atoms with Crippen molar-refractivity contribution < 1.29 is 9.59 Å². The van der Waals surface area contributed by atoms with Gasteiger partial charge in [-0.2, -0.15) is 0 Å². The molecule has 2 aliphatic rings. The van der Waals surface area contributed by atoms with E-state index in [1.807, 2.05) is 25.2 Å². The van der Waals surface area contributed by atoms with E-state index in [1.54, 1.807) is 6.07 Å². The van der Waals surface area contributed by atoms with Crippen molar-refractivity contribution in [3.05, 3.63) is 34.9 Å². The van der Waals surface area contributed by atoms with Gasteiger partial charge in [0.15, 0.2) is 0 Å². The molecule has 2 amide bonds. The van der Waals surface area contributed by atoms with Gasteiger partial charge < -0.3 is 4.90 Å². The molecule has 0 saturated carbocycles. The smallest absolute Gasteiger partial charge is 0.234 e. The summed E-state index contributed by atoms with van der Waals surface area (Å²) < 4.78 is 0. The molecule has 3 rings (SSSR count). The van der Waals surface area contributed by atoms with Gasteiger partial charge in [-0.1, -0.05) is 29.8 Å². The topological polar surface area (TPSA) is 49.4 Å². The maximum Gasteiger partial charge on any atom is 0.234 e. The van der Waals surface area contributed by atoms with Crippen LogP contribution in [-0.4, -0.2) is 36.3 Å². The van der Waals surface area contributed by atoms with E-state index in [9.17, 15) is 9.59 Å². The molecule has 3 atom stereocenters. The molecule has 2 heterocycles. The Morgan fingerprint density at radius 2 is 2.05 bits per heavy atom. The number of benzene rings is 1. The number of halogens is 1. The minimum Gasteiger partial charge on any atom is -0.303 e. The molecule has 2 aliphatic heterocycles. The zero-order valence-electron chi connectivity index (χ0n) is 12.2. The summed E-state index contributed by atoms with van der Waals surface area (Å²) in [7, 11) is 2.04. The maximum atomic E-state index is 12.5. The van der Waals surface area contributed by atoms with Gasteiger partial charge in [0.1, 0.15) is 0 Å². The second-order valence-corrected chi connectivity index (χ2v) is 6.78. The van der Waals surface area contributed by atoms with Crippen LogP contribution in [0.5, 0.6) is 0 Å². The van der Waals surface area contributed by atoms with Gasteiger partial charge in [-0.25, -0.2) is 0 Å². The van der Waals surface area contributed by atoms with Gasteiger partial charge in [0.25, 0.3) is 0 Å². The van der Waals surface area contributed by atoms with E-state index in [4.69, 9.17) is 11.6 Å². The molecule has 1 aromatic carbocycles. The molecule has 21 heavy (non-hydrogen) atoms. The van der Waals surface area contributed by atoms with E-state index in [0.717, 1.165) is 18.5 Å². The predicted molar refractivity (Wildman–Crippen MR) is 81.1 cm³/mol. The molecule has 0 radical (unpaired) electrons. The number of carbonyl (C=O) groups is 2. The van der Waals surface area contributed by atoms with Crippen molar-refractivity contribution in [3.8, 4) is 0 Å². The first kappa shape index (κ1) is 14.5. The number of rotatable bonds is 1. The largest absolute Gasteiger partial charge is 0.303 e. The average molecular weight is 307 g/mol. The van der Waals surface area contributed by atoms with Gasteiger partial charge in [-0.05, 0) is 32.0 Å². The van der Waals surface area contributed by atoms with Crippen LogP contribution in [0.15, 0.2) is 24.3 Å². The van der Waals surface area contributed by atoms with Crippen molar-refractivity contribution in [2.45, 2.75) is 31.7 Å². The van der Waals surface area contributed by atoms with Crippen LogP contribution in [0.2, 0.25) is 5.02 Å². The van der Waals surface area contributed by atoms with Gasteiger partial charge in [0, 0.05) is 29.4 Å². The summed E-state index contributed by atoms with van der Waals surface area (Å²) in [4.78, 5) is 26.7. The third-order valence-corrected chi connectivity index (χ3v) is 5.23. The number of carbonyl (C=O) groups excluding carboxylic acids is 2. The molecule has 112 valence electrons. The quantitative estimate of drug-likeness (QED) is 0.809. The number of hydrogen-bond acceptors (Lipinski definition) is 3. The molecule has 0 bridgehead atoms. The van der Waals surface area contributed by atoms with Crippen LogP contribution in [0.1, 0.15) is 31.2 Å². The number of piperidine rings is 1. The Balaban J connectivity index is 2.08. The fraction of sp³-hybridized carbons (Fsp3) is 0.500. The molecule has 2 fully saturated rings. The number of likely N-dealkylation sites (tertiary alicyclic amines) is 1. The lowest BCUT2D eigenvalue weighted by Crippen LogP contribution is -2.51. The Hall–Kier alpha value is -1.39. The van der Waals surface area contributed by atoms with Crippen LogP contribution >= 0.6 is 11.6 Å². The first-order valence-corrected chi connectivity index (χ1v) is 7.59. The highest BCUT2D eigenvalue weighted by molar-refractivity contribution is 6.31. The zero-order chi connectivity index (χ0) is 15.2. The van der Waals surface area contributed by atoms with Crippen LogP contribution in [0.4, 0.5) is 0 Å². The van der Waals surface area contributed by atoms with Crippen molar-refractivity contribution in [2.24, 2.45) is 5.41 Å². The summed E-state index contributed by atoms with van der Waals surface area (Å²) in [6.45, 7) is 2.87. The lowest BCUT2D eigenvalue weighted by atomic mass is 9.66. The summed E-state index contributed by atoms with van der Waals surface area (Å²) in [6.07, 6.45) is 1.21. The van der Waals surface area contributed by atoms with Crippen molar-refractivity contribution in [1.82, 2.24) is 10.2 Å². The van der Waals surface area contributed by atoms with E-state index in [1.165, 1.54) is 0 Å². The van der Waals surface area contributed by atoms with Gasteiger partial charge >= 0.3 is 0 Å². The number of amides is 2. The van der Waals surface area contributed by atoms with Crippen molar-refractivity contribution >= 4 is 23.4 Å². The monoisotopic (exact) mass is 306 g/mol. The molecule has 4 nitrogen and oxygen atoms in total. The summed E-state index contributed by atoms with van der Waals surface area (Å²) in [5.41, 5.74) is 0.477. The summed E-state index contributed by atoms with van der Waals surface area (Å²) >= 11 is 6.32. The Bertz CT molecular complexity index is 592. The molecule has 0 aliphatic carbocycles. The lowest BCUT2D eigenvalue weighted by molar-refractivity contribution is -0.139. The molecular formula is C16H19ClN2O2. The summed E-state index contributed by atoms with van der Waals surface area (Å²) in [6, 6.07) is 7.80. The van der Waals surface area contributed by atoms with Gasteiger partial charge in [-0.15, -0.1) is 0 Å². The SMILES string of the molecule is CC1CC2(CC(=O)NC(=O)C2c2ccccc2Cl)CN1C. The number of hydrogen-bond donors (Lipinski definition) is 1. The van der Waals surface area contributed by atoms with Gasteiger partial charge in [0.2, 0.25) is 11.8 Å². The minimum atomic E-state index is -0.365. The molecule has 1 aromatic rings. The molecule has 1 N–H and O–H groups in total. The van der Waals surface area contributed by atoms with Crippen LogP contribution in [-0.2, 0) is 9.59 Å². The highest BCUT2D eigenvalue weighted by Gasteiger charge is 2.54. The van der Waals surface area contributed by atoms with E-state index in [-0.39, 0.29) is 23.1 Å². The first-order valence-electron chi connectivity index (χ1n) is 7.21. The Labute approximate surface area is 129 Å². The number of nitrogens with zero attached hydrogens (tertiary/aromatic N) is 1. The Morgan fingerprint density at radius 1 is 1.33 bits per heavy atom. The fourth-order valence-electron chi connectivity index (χ4n) is 3.93. The van der Waals surface area contributed by atoms with Crippen molar-refractivity contribution in [1.29, 1.82) is 0 Å². The third kappa shape index (κ3) is 2.36. The highest BCUT2D eigenvalue weighted by Crippen LogP contribution is 2.51. The first-order chi connectivity index (χ1) is 9.93. The maximum absolute atomic E-state index is 12.5. The average Bonchev–Trinajstić information content (AvgIpc) is 2.66.